The zero-order valence-corrected chi connectivity index (χ0v) is 12.9. The normalized spacial score (nSPS) is 15.1. The van der Waals surface area contributed by atoms with Crippen LogP contribution in [0.4, 0.5) is 5.82 Å². The number of carbonyl (C=O) groups is 1. The van der Waals surface area contributed by atoms with E-state index in [1.165, 1.54) is 12.8 Å². The highest BCUT2D eigenvalue weighted by Gasteiger charge is 2.16. The lowest BCUT2D eigenvalue weighted by Crippen LogP contribution is -2.33. The summed E-state index contributed by atoms with van der Waals surface area (Å²) < 4.78 is 0. The molecule has 1 fully saturated rings. The molecule has 0 radical (unpaired) electrons. The van der Waals surface area contributed by atoms with Crippen molar-refractivity contribution in [2.24, 2.45) is 0 Å². The van der Waals surface area contributed by atoms with E-state index in [1.54, 1.807) is 0 Å². The van der Waals surface area contributed by atoms with Crippen LogP contribution in [0.3, 0.4) is 0 Å². The number of aryl methyl sites for hydroxylation is 1. The van der Waals surface area contributed by atoms with Crippen molar-refractivity contribution in [3.63, 3.8) is 0 Å². The third kappa shape index (κ3) is 3.53. The molecule has 1 saturated carbocycles. The molecule has 2 aromatic rings. The Morgan fingerprint density at radius 1 is 1.18 bits per heavy atom. The van der Waals surface area contributed by atoms with Gasteiger partial charge in [0, 0.05) is 19.0 Å². The fourth-order valence-electron chi connectivity index (χ4n) is 2.92. The van der Waals surface area contributed by atoms with Crippen LogP contribution in [0.25, 0.3) is 11.0 Å². The zero-order chi connectivity index (χ0) is 15.4. The molecule has 0 spiro atoms. The van der Waals surface area contributed by atoms with Crippen LogP contribution < -0.4 is 10.6 Å². The fraction of sp³-hybridized carbons (Fsp3) is 0.471. The van der Waals surface area contributed by atoms with Crippen molar-refractivity contribution in [1.29, 1.82) is 0 Å². The third-order valence-corrected chi connectivity index (χ3v) is 4.11. The molecule has 1 aliphatic carbocycles. The van der Waals surface area contributed by atoms with Gasteiger partial charge in [-0.25, -0.2) is 9.97 Å². The maximum atomic E-state index is 11.9. The first-order valence-corrected chi connectivity index (χ1v) is 7.99. The average Bonchev–Trinajstić information content (AvgIpc) is 3.00. The number of benzene rings is 1. The van der Waals surface area contributed by atoms with Crippen molar-refractivity contribution in [3.8, 4) is 0 Å². The van der Waals surface area contributed by atoms with Crippen molar-refractivity contribution in [3.05, 3.63) is 30.0 Å². The predicted octanol–water partition coefficient (Wildman–Crippen LogP) is 2.80. The number of para-hydroxylation sites is 2. The highest BCUT2D eigenvalue weighted by Crippen LogP contribution is 2.18. The summed E-state index contributed by atoms with van der Waals surface area (Å²) >= 11 is 0. The van der Waals surface area contributed by atoms with E-state index < -0.39 is 0 Å². The van der Waals surface area contributed by atoms with E-state index in [9.17, 15) is 4.79 Å². The van der Waals surface area contributed by atoms with Crippen LogP contribution >= 0.6 is 0 Å². The van der Waals surface area contributed by atoms with Gasteiger partial charge in [-0.1, -0.05) is 25.0 Å². The Morgan fingerprint density at radius 2 is 1.86 bits per heavy atom. The van der Waals surface area contributed by atoms with Crippen molar-refractivity contribution < 1.29 is 4.79 Å². The van der Waals surface area contributed by atoms with E-state index >= 15 is 0 Å². The van der Waals surface area contributed by atoms with Gasteiger partial charge >= 0.3 is 0 Å². The number of rotatable bonds is 5. The molecule has 0 unspecified atom stereocenters. The summed E-state index contributed by atoms with van der Waals surface area (Å²) in [5.41, 5.74) is 2.62. The number of nitrogens with zero attached hydrogens (tertiary/aromatic N) is 2. The molecule has 1 aliphatic rings. The van der Waals surface area contributed by atoms with E-state index in [1.807, 2.05) is 31.2 Å². The van der Waals surface area contributed by atoms with Gasteiger partial charge in [0.05, 0.1) is 16.7 Å². The van der Waals surface area contributed by atoms with Crippen LogP contribution in [-0.2, 0) is 4.79 Å². The summed E-state index contributed by atoms with van der Waals surface area (Å²) in [6, 6.07) is 8.19. The van der Waals surface area contributed by atoms with Crippen LogP contribution in [-0.4, -0.2) is 28.5 Å². The van der Waals surface area contributed by atoms with Gasteiger partial charge < -0.3 is 10.6 Å². The SMILES string of the molecule is Cc1nc2ccccc2nc1NCCC(=O)NC1CCCC1. The second kappa shape index (κ2) is 6.73. The maximum Gasteiger partial charge on any atom is 0.221 e. The maximum absolute atomic E-state index is 11.9. The van der Waals surface area contributed by atoms with Crippen molar-refractivity contribution >= 4 is 22.8 Å². The lowest BCUT2D eigenvalue weighted by molar-refractivity contribution is -0.121. The van der Waals surface area contributed by atoms with E-state index in [2.05, 4.69) is 20.6 Å². The molecule has 22 heavy (non-hydrogen) atoms. The summed E-state index contributed by atoms with van der Waals surface area (Å²) in [4.78, 5) is 21.0. The van der Waals surface area contributed by atoms with Crippen molar-refractivity contribution in [1.82, 2.24) is 15.3 Å². The van der Waals surface area contributed by atoms with E-state index in [0.29, 0.717) is 19.0 Å². The molecule has 1 heterocycles. The first-order valence-electron chi connectivity index (χ1n) is 7.99. The van der Waals surface area contributed by atoms with Gasteiger partial charge in [0.2, 0.25) is 5.91 Å². The molecule has 5 heteroatoms. The largest absolute Gasteiger partial charge is 0.368 e. The van der Waals surface area contributed by atoms with Crippen LogP contribution in [0.15, 0.2) is 24.3 Å². The summed E-state index contributed by atoms with van der Waals surface area (Å²) in [5.74, 6) is 0.873. The molecule has 3 rings (SSSR count). The molecule has 0 aliphatic heterocycles. The van der Waals surface area contributed by atoms with Crippen molar-refractivity contribution in [2.75, 3.05) is 11.9 Å². The van der Waals surface area contributed by atoms with Crippen molar-refractivity contribution in [2.45, 2.75) is 45.1 Å². The number of amides is 1. The number of aromatic nitrogens is 2. The molecule has 1 amide bonds. The van der Waals surface area contributed by atoms with Gasteiger partial charge in [-0.15, -0.1) is 0 Å². The molecule has 0 bridgehead atoms. The average molecular weight is 298 g/mol. The van der Waals surface area contributed by atoms with Crippen LogP contribution in [0.1, 0.15) is 37.8 Å². The quantitative estimate of drug-likeness (QED) is 0.890. The number of hydrogen-bond acceptors (Lipinski definition) is 4. The fourth-order valence-corrected chi connectivity index (χ4v) is 2.92. The Balaban J connectivity index is 1.54. The van der Waals surface area contributed by atoms with Crippen LogP contribution in [0.5, 0.6) is 0 Å². The highest BCUT2D eigenvalue weighted by atomic mass is 16.1. The number of nitrogens with one attached hydrogen (secondary N) is 2. The van der Waals surface area contributed by atoms with Gasteiger partial charge in [0.1, 0.15) is 5.82 Å². The molecule has 0 saturated heterocycles. The van der Waals surface area contributed by atoms with Crippen LogP contribution in [0, 0.1) is 6.92 Å². The molecule has 1 aromatic heterocycles. The Bertz CT molecular complexity index is 665. The summed E-state index contributed by atoms with van der Waals surface area (Å²) in [6.07, 6.45) is 5.16. The lowest BCUT2D eigenvalue weighted by Gasteiger charge is -2.13. The Kier molecular flexibility index (Phi) is 4.51. The topological polar surface area (TPSA) is 66.9 Å². The molecule has 1 aromatic carbocycles. The second-order valence-corrected chi connectivity index (χ2v) is 5.87. The zero-order valence-electron chi connectivity index (χ0n) is 12.9. The Morgan fingerprint density at radius 3 is 2.59 bits per heavy atom. The van der Waals surface area contributed by atoms with E-state index in [4.69, 9.17) is 0 Å². The number of fused-ring (bicyclic) bond motifs is 1. The second-order valence-electron chi connectivity index (χ2n) is 5.87. The smallest absolute Gasteiger partial charge is 0.221 e. The molecular formula is C17H22N4O. The summed E-state index contributed by atoms with van der Waals surface area (Å²) in [7, 11) is 0. The molecule has 2 N–H and O–H groups in total. The summed E-state index contributed by atoms with van der Waals surface area (Å²) in [6.45, 7) is 2.51. The molecule has 116 valence electrons. The van der Waals surface area contributed by atoms with Gasteiger partial charge in [0.25, 0.3) is 0 Å². The predicted molar refractivity (Wildman–Crippen MR) is 87.8 cm³/mol. The monoisotopic (exact) mass is 298 g/mol. The van der Waals surface area contributed by atoms with Gasteiger partial charge in [-0.3, -0.25) is 4.79 Å². The number of carbonyl (C=O) groups excluding carboxylic acids is 1. The van der Waals surface area contributed by atoms with Gasteiger partial charge in [-0.05, 0) is 31.9 Å². The minimum absolute atomic E-state index is 0.116. The summed E-state index contributed by atoms with van der Waals surface area (Å²) in [5, 5.41) is 6.32. The Labute approximate surface area is 130 Å². The third-order valence-electron chi connectivity index (χ3n) is 4.11. The van der Waals surface area contributed by atoms with E-state index in [-0.39, 0.29) is 5.91 Å². The minimum Gasteiger partial charge on any atom is -0.368 e. The highest BCUT2D eigenvalue weighted by molar-refractivity contribution is 5.78. The van der Waals surface area contributed by atoms with Crippen LogP contribution in [0.2, 0.25) is 0 Å². The van der Waals surface area contributed by atoms with Gasteiger partial charge in [0.15, 0.2) is 0 Å². The number of anilines is 1. The number of hydrogen-bond donors (Lipinski definition) is 2. The minimum atomic E-state index is 0.116. The Hall–Kier alpha value is -2.17. The molecule has 5 nitrogen and oxygen atoms in total. The lowest BCUT2D eigenvalue weighted by atomic mass is 10.2. The van der Waals surface area contributed by atoms with E-state index in [0.717, 1.165) is 35.4 Å². The first-order chi connectivity index (χ1) is 10.7. The molecule has 0 atom stereocenters. The van der Waals surface area contributed by atoms with Gasteiger partial charge in [-0.2, -0.15) is 0 Å². The first kappa shape index (κ1) is 14.8. The standard InChI is InChI=1S/C17H22N4O/c1-12-17(21-15-9-5-4-8-14(15)19-12)18-11-10-16(22)20-13-6-2-3-7-13/h4-5,8-9,13H,2-3,6-7,10-11H2,1H3,(H,18,21)(H,20,22). The molecular weight excluding hydrogens is 276 g/mol.